The van der Waals surface area contributed by atoms with Crippen molar-refractivity contribution < 1.29 is 13.5 Å². The van der Waals surface area contributed by atoms with Gasteiger partial charge in [0.15, 0.2) is 5.58 Å². The third-order valence-electron chi connectivity index (χ3n) is 2.67. The van der Waals surface area contributed by atoms with Crippen LogP contribution in [0.3, 0.4) is 0 Å². The van der Waals surface area contributed by atoms with E-state index in [9.17, 15) is 4.39 Å². The van der Waals surface area contributed by atoms with Gasteiger partial charge in [-0.05, 0) is 36.4 Å². The van der Waals surface area contributed by atoms with E-state index in [-0.39, 0.29) is 5.82 Å². The monoisotopic (exact) mass is 289 g/mol. The van der Waals surface area contributed by atoms with Crippen LogP contribution in [0.4, 0.5) is 4.39 Å². The molecular weight excluding hydrogens is 277 g/mol. The fourth-order valence-electron chi connectivity index (χ4n) is 1.73. The molecule has 0 aliphatic carbocycles. The van der Waals surface area contributed by atoms with E-state index < -0.39 is 0 Å². The van der Waals surface area contributed by atoms with Gasteiger partial charge >= 0.3 is 0 Å². The van der Waals surface area contributed by atoms with Gasteiger partial charge in [0.05, 0.1) is 6.61 Å². The topological polar surface area (TPSA) is 35.3 Å². The molecule has 20 heavy (non-hydrogen) atoms. The van der Waals surface area contributed by atoms with E-state index in [1.165, 1.54) is 23.9 Å². The van der Waals surface area contributed by atoms with Crippen molar-refractivity contribution in [3.05, 3.63) is 54.3 Å². The predicted molar refractivity (Wildman–Crippen MR) is 76.6 cm³/mol. The van der Waals surface area contributed by atoms with Crippen LogP contribution < -0.4 is 4.74 Å². The largest absolute Gasteiger partial charge is 0.493 e. The Morgan fingerprint density at radius 1 is 1.10 bits per heavy atom. The zero-order valence-corrected chi connectivity index (χ0v) is 11.4. The summed E-state index contributed by atoms with van der Waals surface area (Å²) in [4.78, 5) is 4.36. The second-order valence-corrected chi connectivity index (χ2v) is 5.14. The summed E-state index contributed by atoms with van der Waals surface area (Å²) >= 11 is 1.49. The second-order valence-electron chi connectivity index (χ2n) is 4.10. The van der Waals surface area contributed by atoms with Crippen LogP contribution in [-0.4, -0.2) is 17.3 Å². The van der Waals surface area contributed by atoms with Crippen LogP contribution >= 0.6 is 11.8 Å². The van der Waals surface area contributed by atoms with Crippen molar-refractivity contribution in [2.75, 3.05) is 12.4 Å². The van der Waals surface area contributed by atoms with Crippen LogP contribution in [0.25, 0.3) is 11.1 Å². The Kier molecular flexibility index (Phi) is 3.87. The first-order valence-electron chi connectivity index (χ1n) is 6.18. The second kappa shape index (κ2) is 5.96. The molecule has 0 unspecified atom stereocenters. The highest BCUT2D eigenvalue weighted by Crippen LogP contribution is 2.23. The fraction of sp³-hybridized carbons (Fsp3) is 0.133. The molecule has 0 atom stereocenters. The molecule has 102 valence electrons. The average molecular weight is 289 g/mol. The van der Waals surface area contributed by atoms with Gasteiger partial charge in [-0.25, -0.2) is 9.37 Å². The maximum Gasteiger partial charge on any atom is 0.256 e. The lowest BCUT2D eigenvalue weighted by molar-refractivity contribution is 0.342. The van der Waals surface area contributed by atoms with Crippen LogP contribution in [0.15, 0.2) is 58.2 Å². The van der Waals surface area contributed by atoms with E-state index in [1.54, 1.807) is 12.1 Å². The Balaban J connectivity index is 1.51. The maximum absolute atomic E-state index is 12.7. The molecule has 5 heteroatoms. The molecule has 0 fully saturated rings. The Bertz CT molecular complexity index is 663. The van der Waals surface area contributed by atoms with E-state index in [4.69, 9.17) is 9.15 Å². The number of thioether (sulfide) groups is 1. The molecule has 3 rings (SSSR count). The van der Waals surface area contributed by atoms with Gasteiger partial charge in [-0.15, -0.1) is 0 Å². The van der Waals surface area contributed by atoms with Gasteiger partial charge in [0.1, 0.15) is 17.1 Å². The molecule has 0 bridgehead atoms. The molecule has 0 N–H and O–H groups in total. The Morgan fingerprint density at radius 3 is 2.70 bits per heavy atom. The number of ether oxygens (including phenoxy) is 1. The first-order valence-corrected chi connectivity index (χ1v) is 7.16. The number of para-hydroxylation sites is 2. The zero-order valence-electron chi connectivity index (χ0n) is 10.6. The van der Waals surface area contributed by atoms with Crippen molar-refractivity contribution in [1.82, 2.24) is 4.98 Å². The minimum Gasteiger partial charge on any atom is -0.493 e. The summed E-state index contributed by atoms with van der Waals surface area (Å²) in [7, 11) is 0. The number of aromatic nitrogens is 1. The normalized spacial score (nSPS) is 10.8. The number of halogens is 1. The maximum atomic E-state index is 12.7. The summed E-state index contributed by atoms with van der Waals surface area (Å²) < 4.78 is 23.8. The number of hydrogen-bond donors (Lipinski definition) is 0. The zero-order chi connectivity index (χ0) is 13.8. The SMILES string of the molecule is Fc1ccc(OCCSc2nc3ccccc3o2)cc1. The molecule has 0 aliphatic heterocycles. The van der Waals surface area contributed by atoms with Crippen LogP contribution in [-0.2, 0) is 0 Å². The third-order valence-corrected chi connectivity index (χ3v) is 3.46. The average Bonchev–Trinajstić information content (AvgIpc) is 2.88. The summed E-state index contributed by atoms with van der Waals surface area (Å²) in [5.41, 5.74) is 1.64. The molecule has 0 radical (unpaired) electrons. The third kappa shape index (κ3) is 3.11. The Morgan fingerprint density at radius 2 is 1.90 bits per heavy atom. The van der Waals surface area contributed by atoms with E-state index >= 15 is 0 Å². The molecule has 2 aromatic carbocycles. The van der Waals surface area contributed by atoms with E-state index in [0.717, 1.165) is 11.1 Å². The predicted octanol–water partition coefficient (Wildman–Crippen LogP) is 4.14. The van der Waals surface area contributed by atoms with E-state index in [1.807, 2.05) is 24.3 Å². The fourth-order valence-corrected chi connectivity index (χ4v) is 2.39. The Labute approximate surface area is 119 Å². The molecule has 1 aromatic heterocycles. The summed E-state index contributed by atoms with van der Waals surface area (Å²) in [5.74, 6) is 1.10. The smallest absolute Gasteiger partial charge is 0.256 e. The minimum atomic E-state index is -0.266. The van der Waals surface area contributed by atoms with Crippen LogP contribution in [0.5, 0.6) is 5.75 Å². The van der Waals surface area contributed by atoms with Gasteiger partial charge in [-0.1, -0.05) is 23.9 Å². The molecule has 0 aliphatic rings. The minimum absolute atomic E-state index is 0.266. The molecule has 3 aromatic rings. The van der Waals surface area contributed by atoms with Crippen molar-refractivity contribution in [3.8, 4) is 5.75 Å². The Hall–Kier alpha value is -2.01. The van der Waals surface area contributed by atoms with Crippen molar-refractivity contribution in [2.45, 2.75) is 5.22 Å². The van der Waals surface area contributed by atoms with Crippen LogP contribution in [0, 0.1) is 5.82 Å². The molecule has 0 amide bonds. The van der Waals surface area contributed by atoms with Crippen LogP contribution in [0.2, 0.25) is 0 Å². The summed E-state index contributed by atoms with van der Waals surface area (Å²) in [6.07, 6.45) is 0. The van der Waals surface area contributed by atoms with Crippen molar-refractivity contribution in [2.24, 2.45) is 0 Å². The number of oxazole rings is 1. The van der Waals surface area contributed by atoms with Crippen molar-refractivity contribution in [1.29, 1.82) is 0 Å². The van der Waals surface area contributed by atoms with Crippen LogP contribution in [0.1, 0.15) is 0 Å². The molecule has 0 saturated carbocycles. The van der Waals surface area contributed by atoms with Crippen molar-refractivity contribution in [3.63, 3.8) is 0 Å². The molecule has 3 nitrogen and oxygen atoms in total. The number of hydrogen-bond acceptors (Lipinski definition) is 4. The van der Waals surface area contributed by atoms with Gasteiger partial charge in [0.25, 0.3) is 5.22 Å². The standard InChI is InChI=1S/C15H12FNO2S/c16-11-5-7-12(8-6-11)18-9-10-20-15-17-13-3-1-2-4-14(13)19-15/h1-8H,9-10H2. The molecular formula is C15H12FNO2S. The number of benzene rings is 2. The van der Waals surface area contributed by atoms with Gasteiger partial charge in [-0.3, -0.25) is 0 Å². The first kappa shape index (κ1) is 13.0. The first-order chi connectivity index (χ1) is 9.81. The number of fused-ring (bicyclic) bond motifs is 1. The summed E-state index contributed by atoms with van der Waals surface area (Å²) in [5, 5.41) is 0.633. The lowest BCUT2D eigenvalue weighted by Crippen LogP contribution is -1.99. The van der Waals surface area contributed by atoms with E-state index in [2.05, 4.69) is 4.98 Å². The molecule has 1 heterocycles. The van der Waals surface area contributed by atoms with Gasteiger partial charge < -0.3 is 9.15 Å². The number of rotatable bonds is 5. The number of nitrogens with zero attached hydrogens (tertiary/aromatic N) is 1. The van der Waals surface area contributed by atoms with Gasteiger partial charge in [0.2, 0.25) is 0 Å². The summed E-state index contributed by atoms with van der Waals surface area (Å²) in [6, 6.07) is 13.6. The van der Waals surface area contributed by atoms with E-state index in [0.29, 0.717) is 23.3 Å². The van der Waals surface area contributed by atoms with Crippen molar-refractivity contribution >= 4 is 22.9 Å². The molecule has 0 saturated heterocycles. The lowest BCUT2D eigenvalue weighted by atomic mass is 10.3. The highest BCUT2D eigenvalue weighted by molar-refractivity contribution is 7.99. The lowest BCUT2D eigenvalue weighted by Gasteiger charge is -2.04. The highest BCUT2D eigenvalue weighted by atomic mass is 32.2. The van der Waals surface area contributed by atoms with Gasteiger partial charge in [0, 0.05) is 5.75 Å². The molecule has 0 spiro atoms. The van der Waals surface area contributed by atoms with Gasteiger partial charge in [-0.2, -0.15) is 0 Å². The quantitative estimate of drug-likeness (QED) is 0.522. The highest BCUT2D eigenvalue weighted by Gasteiger charge is 2.05. The summed E-state index contributed by atoms with van der Waals surface area (Å²) in [6.45, 7) is 0.509.